The van der Waals surface area contributed by atoms with E-state index < -0.39 is 0 Å². The highest BCUT2D eigenvalue weighted by atomic mass is 35.5. The summed E-state index contributed by atoms with van der Waals surface area (Å²) >= 11 is 6.15. The van der Waals surface area contributed by atoms with E-state index in [1.165, 1.54) is 6.42 Å². The Morgan fingerprint density at radius 2 is 2.29 bits per heavy atom. The number of halogens is 1. The average Bonchev–Trinajstić information content (AvgIpc) is 2.44. The Bertz CT molecular complexity index is 490. The van der Waals surface area contributed by atoms with E-state index in [4.69, 9.17) is 17.3 Å². The molecule has 0 radical (unpaired) electrons. The number of benzene rings is 1. The van der Waals surface area contributed by atoms with Gasteiger partial charge in [0.15, 0.2) is 0 Å². The highest BCUT2D eigenvalue weighted by molar-refractivity contribution is 6.33. The lowest BCUT2D eigenvalue weighted by Gasteiger charge is -2.35. The van der Waals surface area contributed by atoms with Gasteiger partial charge >= 0.3 is 0 Å². The molecule has 1 fully saturated rings. The van der Waals surface area contributed by atoms with Gasteiger partial charge in [0.1, 0.15) is 0 Å². The van der Waals surface area contributed by atoms with E-state index in [2.05, 4.69) is 10.2 Å². The van der Waals surface area contributed by atoms with Gasteiger partial charge in [0.2, 0.25) is 5.91 Å². The summed E-state index contributed by atoms with van der Waals surface area (Å²) < 4.78 is 0. The zero-order valence-electron chi connectivity index (χ0n) is 12.6. The topological polar surface area (TPSA) is 58.4 Å². The van der Waals surface area contributed by atoms with Gasteiger partial charge in [0, 0.05) is 6.04 Å². The number of hydrogen-bond donors (Lipinski definition) is 2. The van der Waals surface area contributed by atoms with E-state index in [1.54, 1.807) is 0 Å². The van der Waals surface area contributed by atoms with Crippen LogP contribution in [0, 0.1) is 6.92 Å². The first-order valence-electron chi connectivity index (χ1n) is 7.60. The number of piperidine rings is 1. The minimum absolute atomic E-state index is 0.00956. The van der Waals surface area contributed by atoms with E-state index in [9.17, 15) is 4.79 Å². The van der Waals surface area contributed by atoms with Crippen molar-refractivity contribution < 1.29 is 4.79 Å². The lowest BCUT2D eigenvalue weighted by atomic mass is 9.99. The van der Waals surface area contributed by atoms with E-state index in [0.717, 1.165) is 31.4 Å². The Morgan fingerprint density at radius 3 is 3.00 bits per heavy atom. The number of carbonyl (C=O) groups excluding carboxylic acids is 1. The highest BCUT2D eigenvalue weighted by Gasteiger charge is 2.23. The van der Waals surface area contributed by atoms with E-state index >= 15 is 0 Å². The Labute approximate surface area is 131 Å². The number of nitrogens with zero attached hydrogens (tertiary/aromatic N) is 1. The first-order chi connectivity index (χ1) is 10.1. The fraction of sp³-hybridized carbons (Fsp3) is 0.562. The number of likely N-dealkylation sites (tertiary alicyclic amines) is 1. The number of carbonyl (C=O) groups is 1. The lowest BCUT2D eigenvalue weighted by molar-refractivity contribution is -0.118. The van der Waals surface area contributed by atoms with Crippen LogP contribution in [0.25, 0.3) is 0 Å². The zero-order chi connectivity index (χ0) is 15.2. The maximum Gasteiger partial charge on any atom is 0.238 e. The number of anilines is 1. The quantitative estimate of drug-likeness (QED) is 0.879. The van der Waals surface area contributed by atoms with Gasteiger partial charge in [-0.15, -0.1) is 0 Å². The van der Waals surface area contributed by atoms with Crippen LogP contribution in [-0.2, 0) is 4.79 Å². The molecule has 5 heteroatoms. The molecular weight excluding hydrogens is 286 g/mol. The summed E-state index contributed by atoms with van der Waals surface area (Å²) in [6.45, 7) is 4.03. The SMILES string of the molecule is Cc1ccc(NC(=O)CN2CCCCC2CCN)c(Cl)c1. The van der Waals surface area contributed by atoms with E-state index in [-0.39, 0.29) is 5.91 Å². The van der Waals surface area contributed by atoms with Gasteiger partial charge in [-0.3, -0.25) is 9.69 Å². The molecule has 1 aromatic rings. The summed E-state index contributed by atoms with van der Waals surface area (Å²) in [4.78, 5) is 14.5. The van der Waals surface area contributed by atoms with E-state index in [0.29, 0.717) is 29.8 Å². The summed E-state index contributed by atoms with van der Waals surface area (Å²) in [6, 6.07) is 6.08. The van der Waals surface area contributed by atoms with Crippen LogP contribution in [0.3, 0.4) is 0 Å². The normalized spacial score (nSPS) is 19.5. The number of aryl methyl sites for hydroxylation is 1. The Balaban J connectivity index is 1.93. The summed E-state index contributed by atoms with van der Waals surface area (Å²) in [5.41, 5.74) is 7.43. The summed E-state index contributed by atoms with van der Waals surface area (Å²) in [6.07, 6.45) is 4.47. The van der Waals surface area contributed by atoms with Crippen LogP contribution in [-0.4, -0.2) is 36.5 Å². The van der Waals surface area contributed by atoms with Crippen LogP contribution in [0.2, 0.25) is 5.02 Å². The molecule has 1 aliphatic rings. The van der Waals surface area contributed by atoms with Gasteiger partial charge in [0.25, 0.3) is 0 Å². The third-order valence-electron chi connectivity index (χ3n) is 3.99. The van der Waals surface area contributed by atoms with Gasteiger partial charge in [0.05, 0.1) is 17.3 Å². The molecule has 1 amide bonds. The molecule has 116 valence electrons. The van der Waals surface area contributed by atoms with Crippen LogP contribution < -0.4 is 11.1 Å². The van der Waals surface area contributed by atoms with Gasteiger partial charge < -0.3 is 11.1 Å². The molecule has 21 heavy (non-hydrogen) atoms. The standard InChI is InChI=1S/C16H24ClN3O/c1-12-5-6-15(14(17)10-12)19-16(21)11-20-9-3-2-4-13(20)7-8-18/h5-6,10,13H,2-4,7-9,11,18H2,1H3,(H,19,21). The third kappa shape index (κ3) is 4.70. The van der Waals surface area contributed by atoms with Crippen LogP contribution in [0.15, 0.2) is 18.2 Å². The molecule has 0 saturated carbocycles. The van der Waals surface area contributed by atoms with Crippen molar-refractivity contribution in [2.24, 2.45) is 5.73 Å². The second-order valence-corrected chi connectivity index (χ2v) is 6.14. The molecule has 0 aliphatic carbocycles. The monoisotopic (exact) mass is 309 g/mol. The van der Waals surface area contributed by atoms with Crippen molar-refractivity contribution >= 4 is 23.2 Å². The van der Waals surface area contributed by atoms with Gasteiger partial charge in [-0.25, -0.2) is 0 Å². The number of nitrogens with one attached hydrogen (secondary N) is 1. The molecule has 0 spiro atoms. The fourth-order valence-corrected chi connectivity index (χ4v) is 3.17. The zero-order valence-corrected chi connectivity index (χ0v) is 13.3. The fourth-order valence-electron chi connectivity index (χ4n) is 2.88. The minimum Gasteiger partial charge on any atom is -0.330 e. The molecule has 0 aromatic heterocycles. The van der Waals surface area contributed by atoms with Crippen molar-refractivity contribution in [1.29, 1.82) is 0 Å². The second-order valence-electron chi connectivity index (χ2n) is 5.73. The number of amides is 1. The van der Waals surface area contributed by atoms with Gasteiger partial charge in [-0.05, 0) is 57.0 Å². The maximum absolute atomic E-state index is 12.2. The second kappa shape index (κ2) is 7.78. The largest absolute Gasteiger partial charge is 0.330 e. The van der Waals surface area contributed by atoms with Crippen LogP contribution in [0.5, 0.6) is 0 Å². The maximum atomic E-state index is 12.2. The molecule has 0 bridgehead atoms. The molecule has 1 atom stereocenters. The average molecular weight is 310 g/mol. The van der Waals surface area contributed by atoms with Crippen molar-refractivity contribution in [3.05, 3.63) is 28.8 Å². The highest BCUT2D eigenvalue weighted by Crippen LogP contribution is 2.23. The lowest BCUT2D eigenvalue weighted by Crippen LogP contribution is -2.44. The number of hydrogen-bond acceptors (Lipinski definition) is 3. The van der Waals surface area contributed by atoms with Crippen molar-refractivity contribution in [3.63, 3.8) is 0 Å². The van der Waals surface area contributed by atoms with Crippen molar-refractivity contribution in [2.45, 2.75) is 38.6 Å². The number of rotatable bonds is 5. The van der Waals surface area contributed by atoms with Crippen LogP contribution in [0.1, 0.15) is 31.2 Å². The van der Waals surface area contributed by atoms with Crippen LogP contribution in [0.4, 0.5) is 5.69 Å². The van der Waals surface area contributed by atoms with Crippen molar-refractivity contribution in [3.8, 4) is 0 Å². The molecule has 2 rings (SSSR count). The smallest absolute Gasteiger partial charge is 0.238 e. The Morgan fingerprint density at radius 1 is 1.48 bits per heavy atom. The van der Waals surface area contributed by atoms with Crippen LogP contribution >= 0.6 is 11.6 Å². The summed E-state index contributed by atoms with van der Waals surface area (Å²) in [5.74, 6) is -0.00956. The molecule has 1 unspecified atom stereocenters. The van der Waals surface area contributed by atoms with Crippen molar-refractivity contribution in [2.75, 3.05) is 25.0 Å². The summed E-state index contributed by atoms with van der Waals surface area (Å²) in [5, 5.41) is 3.49. The Hall–Kier alpha value is -1.10. The Kier molecular flexibility index (Phi) is 6.03. The third-order valence-corrected chi connectivity index (χ3v) is 4.31. The van der Waals surface area contributed by atoms with E-state index in [1.807, 2.05) is 25.1 Å². The molecule has 4 nitrogen and oxygen atoms in total. The molecule has 1 saturated heterocycles. The predicted molar refractivity (Wildman–Crippen MR) is 87.7 cm³/mol. The number of nitrogens with two attached hydrogens (primary N) is 1. The minimum atomic E-state index is -0.00956. The molecule has 3 N–H and O–H groups in total. The molecule has 1 aromatic carbocycles. The first-order valence-corrected chi connectivity index (χ1v) is 7.98. The first kappa shape index (κ1) is 16.3. The summed E-state index contributed by atoms with van der Waals surface area (Å²) in [7, 11) is 0. The van der Waals surface area contributed by atoms with Gasteiger partial charge in [-0.1, -0.05) is 24.1 Å². The molecule has 1 aliphatic heterocycles. The molecule has 1 heterocycles. The van der Waals surface area contributed by atoms with Gasteiger partial charge in [-0.2, -0.15) is 0 Å². The predicted octanol–water partition coefficient (Wildman–Crippen LogP) is 2.79. The molecular formula is C16H24ClN3O. The van der Waals surface area contributed by atoms with Crippen molar-refractivity contribution in [1.82, 2.24) is 4.90 Å².